The molecule has 8 nitrogen and oxygen atoms in total. The van der Waals surface area contributed by atoms with Crippen molar-refractivity contribution in [2.45, 2.75) is 51.7 Å². The second-order valence-electron chi connectivity index (χ2n) is 10.6. The first-order valence-electron chi connectivity index (χ1n) is 12.4. The fraction of sp³-hybridized carbons (Fsp3) is 0.481. The molecule has 2 aromatic carbocycles. The summed E-state index contributed by atoms with van der Waals surface area (Å²) >= 11 is 0. The third-order valence-corrected chi connectivity index (χ3v) is 6.63. The van der Waals surface area contributed by atoms with Crippen molar-refractivity contribution in [3.05, 3.63) is 65.5 Å². The molecule has 1 unspecified atom stereocenters. The molecular weight excluding hydrogens is 497 g/mol. The van der Waals surface area contributed by atoms with Crippen LogP contribution in [0.2, 0.25) is 0 Å². The van der Waals surface area contributed by atoms with Crippen LogP contribution in [-0.4, -0.2) is 62.7 Å². The topological polar surface area (TPSA) is 105 Å². The van der Waals surface area contributed by atoms with Crippen molar-refractivity contribution in [3.8, 4) is 0 Å². The Morgan fingerprint density at radius 2 is 1.65 bits per heavy atom. The molecule has 0 bridgehead atoms. The minimum absolute atomic E-state index is 0.0332. The van der Waals surface area contributed by atoms with E-state index in [1.54, 1.807) is 32.9 Å². The van der Waals surface area contributed by atoms with Gasteiger partial charge in [-0.15, -0.1) is 0 Å². The number of rotatable bonds is 9. The Bertz CT molecular complexity index is 1170. The van der Waals surface area contributed by atoms with Gasteiger partial charge >= 0.3 is 6.09 Å². The lowest BCUT2D eigenvalue weighted by atomic mass is 9.88. The Kier molecular flexibility index (Phi) is 9.31. The number of amides is 1. The van der Waals surface area contributed by atoms with Crippen molar-refractivity contribution in [1.29, 1.82) is 0 Å². The molecule has 1 amide bonds. The lowest BCUT2D eigenvalue weighted by Gasteiger charge is -2.34. The Morgan fingerprint density at radius 3 is 2.19 bits per heavy atom. The van der Waals surface area contributed by atoms with Gasteiger partial charge in [0.2, 0.25) is 10.0 Å². The maximum atomic E-state index is 13.2. The first kappa shape index (κ1) is 28.6. The molecule has 1 fully saturated rings. The lowest BCUT2D eigenvalue weighted by molar-refractivity contribution is 0.0485. The van der Waals surface area contributed by atoms with E-state index in [4.69, 9.17) is 4.74 Å². The number of halogens is 1. The second-order valence-corrected chi connectivity index (χ2v) is 12.3. The Hall–Kier alpha value is -2.98. The highest BCUT2D eigenvalue weighted by atomic mass is 32.2. The quantitative estimate of drug-likeness (QED) is 0.468. The van der Waals surface area contributed by atoms with Gasteiger partial charge in [0.1, 0.15) is 11.4 Å². The SMILES string of the molecule is CC(C)(C)OC(=O)NC(Cc1ccc(NS(C)(=O)=O)cc1)CN1CCC(C(=O)c2ccc(F)cc2)CC1. The molecule has 1 aliphatic heterocycles. The van der Waals surface area contributed by atoms with E-state index in [1.807, 2.05) is 12.1 Å². The number of Topliss-reactive ketones (excluding diaryl/α,β-unsaturated/α-hetero) is 1. The van der Waals surface area contributed by atoms with Gasteiger partial charge in [0.25, 0.3) is 0 Å². The van der Waals surface area contributed by atoms with Gasteiger partial charge in [-0.3, -0.25) is 9.52 Å². The number of nitrogens with zero attached hydrogens (tertiary/aromatic N) is 1. The largest absolute Gasteiger partial charge is 0.444 e. The molecule has 3 rings (SSSR count). The summed E-state index contributed by atoms with van der Waals surface area (Å²) in [5.41, 5.74) is 1.29. The molecule has 1 atom stereocenters. The molecule has 1 aliphatic rings. The van der Waals surface area contributed by atoms with Crippen LogP contribution in [0.4, 0.5) is 14.9 Å². The van der Waals surface area contributed by atoms with Gasteiger partial charge in [-0.05, 0) is 95.1 Å². The van der Waals surface area contributed by atoms with Crippen LogP contribution in [0.3, 0.4) is 0 Å². The molecule has 0 aromatic heterocycles. The number of ketones is 1. The van der Waals surface area contributed by atoms with E-state index in [9.17, 15) is 22.4 Å². The third-order valence-electron chi connectivity index (χ3n) is 6.03. The van der Waals surface area contributed by atoms with E-state index in [0.29, 0.717) is 50.1 Å². The molecule has 10 heteroatoms. The highest BCUT2D eigenvalue weighted by molar-refractivity contribution is 7.92. The van der Waals surface area contributed by atoms with Crippen LogP contribution in [0.5, 0.6) is 0 Å². The summed E-state index contributed by atoms with van der Waals surface area (Å²) in [5.74, 6) is -0.448. The first-order chi connectivity index (χ1) is 17.3. The summed E-state index contributed by atoms with van der Waals surface area (Å²) in [6.07, 6.45) is 2.47. The van der Waals surface area contributed by atoms with E-state index >= 15 is 0 Å². The van der Waals surface area contributed by atoms with Crippen molar-refractivity contribution in [2.75, 3.05) is 30.6 Å². The third kappa shape index (κ3) is 9.77. The number of alkyl carbamates (subject to hydrolysis) is 1. The van der Waals surface area contributed by atoms with Crippen LogP contribution < -0.4 is 10.0 Å². The Morgan fingerprint density at radius 1 is 1.05 bits per heavy atom. The summed E-state index contributed by atoms with van der Waals surface area (Å²) in [6.45, 7) is 7.37. The molecule has 0 saturated carbocycles. The molecule has 37 heavy (non-hydrogen) atoms. The minimum atomic E-state index is -3.37. The van der Waals surface area contributed by atoms with Crippen LogP contribution >= 0.6 is 0 Å². The molecular formula is C27H36FN3O5S. The summed E-state index contributed by atoms with van der Waals surface area (Å²) < 4.78 is 44.0. The zero-order chi connectivity index (χ0) is 27.2. The fourth-order valence-corrected chi connectivity index (χ4v) is 4.95. The monoisotopic (exact) mass is 533 g/mol. The van der Waals surface area contributed by atoms with Crippen molar-refractivity contribution in [3.63, 3.8) is 0 Å². The van der Waals surface area contributed by atoms with E-state index in [-0.39, 0.29) is 23.6 Å². The number of ether oxygens (including phenoxy) is 1. The normalized spacial score (nSPS) is 16.1. The number of hydrogen-bond donors (Lipinski definition) is 2. The fourth-order valence-electron chi connectivity index (χ4n) is 4.38. The van der Waals surface area contributed by atoms with E-state index in [1.165, 1.54) is 24.3 Å². The number of benzene rings is 2. The number of carbonyl (C=O) groups excluding carboxylic acids is 2. The number of sulfonamides is 1. The van der Waals surface area contributed by atoms with Gasteiger partial charge < -0.3 is 15.0 Å². The van der Waals surface area contributed by atoms with Crippen LogP contribution in [0.1, 0.15) is 49.5 Å². The maximum absolute atomic E-state index is 13.2. The van der Waals surface area contributed by atoms with Crippen molar-refractivity contribution >= 4 is 27.6 Å². The molecule has 1 heterocycles. The molecule has 2 N–H and O–H groups in total. The summed E-state index contributed by atoms with van der Waals surface area (Å²) in [7, 11) is -3.37. The highest BCUT2D eigenvalue weighted by Crippen LogP contribution is 2.23. The van der Waals surface area contributed by atoms with Gasteiger partial charge in [0, 0.05) is 29.8 Å². The average Bonchev–Trinajstić information content (AvgIpc) is 2.78. The van der Waals surface area contributed by atoms with Crippen LogP contribution in [0.25, 0.3) is 0 Å². The van der Waals surface area contributed by atoms with Crippen LogP contribution in [-0.2, 0) is 21.2 Å². The number of hydrogen-bond acceptors (Lipinski definition) is 6. The number of piperidine rings is 1. The lowest BCUT2D eigenvalue weighted by Crippen LogP contribution is -2.48. The van der Waals surface area contributed by atoms with Crippen molar-refractivity contribution < 1.29 is 27.1 Å². The van der Waals surface area contributed by atoms with Gasteiger partial charge in [-0.25, -0.2) is 17.6 Å². The predicted molar refractivity (Wildman–Crippen MR) is 142 cm³/mol. The molecule has 1 saturated heterocycles. The van der Waals surface area contributed by atoms with Crippen molar-refractivity contribution in [2.24, 2.45) is 5.92 Å². The van der Waals surface area contributed by atoms with E-state index in [0.717, 1.165) is 11.8 Å². The van der Waals surface area contributed by atoms with Gasteiger partial charge in [0.15, 0.2) is 5.78 Å². The highest BCUT2D eigenvalue weighted by Gasteiger charge is 2.28. The van der Waals surface area contributed by atoms with Crippen LogP contribution in [0, 0.1) is 11.7 Å². The predicted octanol–water partition coefficient (Wildman–Crippen LogP) is 4.23. The van der Waals surface area contributed by atoms with Gasteiger partial charge in [-0.1, -0.05) is 12.1 Å². The number of nitrogens with one attached hydrogen (secondary N) is 2. The number of likely N-dealkylation sites (tertiary alicyclic amines) is 1. The zero-order valence-electron chi connectivity index (χ0n) is 21.8. The average molecular weight is 534 g/mol. The van der Waals surface area contributed by atoms with Gasteiger partial charge in [-0.2, -0.15) is 0 Å². The van der Waals surface area contributed by atoms with Crippen LogP contribution in [0.15, 0.2) is 48.5 Å². The molecule has 0 radical (unpaired) electrons. The zero-order valence-corrected chi connectivity index (χ0v) is 22.6. The first-order valence-corrected chi connectivity index (χ1v) is 14.2. The minimum Gasteiger partial charge on any atom is -0.444 e. The van der Waals surface area contributed by atoms with E-state index in [2.05, 4.69) is 14.9 Å². The molecule has 202 valence electrons. The number of carbonyl (C=O) groups is 2. The van der Waals surface area contributed by atoms with E-state index < -0.39 is 21.7 Å². The molecule has 0 spiro atoms. The Balaban J connectivity index is 1.62. The van der Waals surface area contributed by atoms with Gasteiger partial charge in [0.05, 0.1) is 6.26 Å². The maximum Gasteiger partial charge on any atom is 0.407 e. The molecule has 0 aliphatic carbocycles. The van der Waals surface area contributed by atoms with Crippen molar-refractivity contribution in [1.82, 2.24) is 10.2 Å². The Labute approximate surface area is 218 Å². The standard InChI is InChI=1S/C27H36FN3O5S/c1-27(2,3)36-26(33)29-24(17-19-5-11-23(12-6-19)30-37(4,34)35)18-31-15-13-21(14-16-31)25(32)20-7-9-22(28)10-8-20/h5-12,21,24,30H,13-18H2,1-4H3,(H,29,33). The summed E-state index contributed by atoms with van der Waals surface area (Å²) in [6, 6.07) is 12.4. The summed E-state index contributed by atoms with van der Waals surface area (Å²) in [4.78, 5) is 27.6. The summed E-state index contributed by atoms with van der Waals surface area (Å²) in [5, 5.41) is 2.97. The molecule has 2 aromatic rings. The number of anilines is 1. The smallest absolute Gasteiger partial charge is 0.407 e. The second kappa shape index (κ2) is 12.0.